The fraction of sp³-hybridized carbons (Fsp3) is 0.909. The average Bonchev–Trinajstić information content (AvgIpc) is 2.22. The maximum absolute atomic E-state index is 11.3. The van der Waals surface area contributed by atoms with Gasteiger partial charge in [-0.3, -0.25) is 4.79 Å². The van der Waals surface area contributed by atoms with E-state index in [1.54, 1.807) is 0 Å². The van der Waals surface area contributed by atoms with Crippen LogP contribution in [-0.2, 0) is 9.53 Å². The molecule has 3 nitrogen and oxygen atoms in total. The first-order chi connectivity index (χ1) is 6.93. The molecule has 0 aromatic carbocycles. The number of alkyl halides is 1. The van der Waals surface area contributed by atoms with Gasteiger partial charge in [0.2, 0.25) is 0 Å². The SMILES string of the molecule is CCC(C)C(=O)OCCC[N+](C)(C)CCl. The van der Waals surface area contributed by atoms with E-state index in [0.29, 0.717) is 12.6 Å². The van der Waals surface area contributed by atoms with E-state index >= 15 is 0 Å². The summed E-state index contributed by atoms with van der Waals surface area (Å²) in [6.45, 7) is 5.31. The van der Waals surface area contributed by atoms with E-state index in [1.807, 2.05) is 13.8 Å². The zero-order chi connectivity index (χ0) is 11.9. The maximum atomic E-state index is 11.3. The molecule has 0 aliphatic heterocycles. The lowest BCUT2D eigenvalue weighted by atomic mass is 10.1. The van der Waals surface area contributed by atoms with Gasteiger partial charge in [0.15, 0.2) is 6.00 Å². The Hall–Kier alpha value is -0.280. The Morgan fingerprint density at radius 1 is 1.47 bits per heavy atom. The van der Waals surface area contributed by atoms with Gasteiger partial charge in [-0.15, -0.1) is 0 Å². The molecule has 0 aromatic rings. The third-order valence-corrected chi connectivity index (χ3v) is 3.14. The van der Waals surface area contributed by atoms with Gasteiger partial charge in [0.1, 0.15) is 0 Å². The van der Waals surface area contributed by atoms with Crippen LogP contribution in [0.5, 0.6) is 0 Å². The molecular weight excluding hydrogens is 214 g/mol. The van der Waals surface area contributed by atoms with Gasteiger partial charge in [-0.25, -0.2) is 0 Å². The van der Waals surface area contributed by atoms with Gasteiger partial charge in [0, 0.05) is 6.42 Å². The minimum atomic E-state index is -0.0892. The van der Waals surface area contributed by atoms with Gasteiger partial charge in [0.25, 0.3) is 0 Å². The second kappa shape index (κ2) is 7.07. The first-order valence-corrected chi connectivity index (χ1v) is 6.01. The van der Waals surface area contributed by atoms with Crippen molar-refractivity contribution in [2.75, 3.05) is 33.3 Å². The molecule has 0 amide bonds. The highest BCUT2D eigenvalue weighted by Gasteiger charge is 2.14. The molecule has 15 heavy (non-hydrogen) atoms. The molecule has 0 spiro atoms. The number of halogens is 1. The Morgan fingerprint density at radius 2 is 2.07 bits per heavy atom. The van der Waals surface area contributed by atoms with Crippen LogP contribution >= 0.6 is 11.6 Å². The third kappa shape index (κ3) is 6.74. The highest BCUT2D eigenvalue weighted by atomic mass is 35.5. The van der Waals surface area contributed by atoms with Crippen LogP contribution < -0.4 is 0 Å². The molecule has 90 valence electrons. The first kappa shape index (κ1) is 14.7. The molecule has 0 radical (unpaired) electrons. The van der Waals surface area contributed by atoms with E-state index in [9.17, 15) is 4.79 Å². The smallest absolute Gasteiger partial charge is 0.308 e. The highest BCUT2D eigenvalue weighted by molar-refractivity contribution is 6.16. The van der Waals surface area contributed by atoms with Gasteiger partial charge < -0.3 is 9.22 Å². The highest BCUT2D eigenvalue weighted by Crippen LogP contribution is 2.05. The van der Waals surface area contributed by atoms with Crippen molar-refractivity contribution < 1.29 is 14.0 Å². The second-order valence-electron chi connectivity index (χ2n) is 4.61. The fourth-order valence-corrected chi connectivity index (χ4v) is 1.15. The minimum absolute atomic E-state index is 0.0144. The molecular formula is C11H23ClNO2+. The molecule has 4 heteroatoms. The van der Waals surface area contributed by atoms with Gasteiger partial charge in [-0.2, -0.15) is 0 Å². The number of nitrogens with zero attached hydrogens (tertiary/aromatic N) is 1. The predicted octanol–water partition coefficient (Wildman–Crippen LogP) is 2.24. The predicted molar refractivity (Wildman–Crippen MR) is 62.7 cm³/mol. The Labute approximate surface area is 97.9 Å². The van der Waals surface area contributed by atoms with Gasteiger partial charge >= 0.3 is 5.97 Å². The van der Waals surface area contributed by atoms with Crippen molar-refractivity contribution in [2.45, 2.75) is 26.7 Å². The molecule has 0 aromatic heterocycles. The van der Waals surface area contributed by atoms with E-state index < -0.39 is 0 Å². The number of hydrogen-bond donors (Lipinski definition) is 0. The van der Waals surface area contributed by atoms with Crippen molar-refractivity contribution in [3.05, 3.63) is 0 Å². The van der Waals surface area contributed by atoms with Crippen molar-refractivity contribution in [3.63, 3.8) is 0 Å². The molecule has 1 unspecified atom stereocenters. The summed E-state index contributed by atoms with van der Waals surface area (Å²) < 4.78 is 5.89. The van der Waals surface area contributed by atoms with Crippen molar-refractivity contribution in [1.29, 1.82) is 0 Å². The maximum Gasteiger partial charge on any atom is 0.308 e. The van der Waals surface area contributed by atoms with E-state index in [4.69, 9.17) is 16.3 Å². The fourth-order valence-electron chi connectivity index (χ4n) is 1.03. The summed E-state index contributed by atoms with van der Waals surface area (Å²) in [6.07, 6.45) is 1.70. The van der Waals surface area contributed by atoms with Crippen LogP contribution in [0.1, 0.15) is 26.7 Å². The lowest BCUT2D eigenvalue weighted by Crippen LogP contribution is -2.39. The number of carbonyl (C=O) groups excluding carboxylic acids is 1. The van der Waals surface area contributed by atoms with Crippen LogP contribution in [0.25, 0.3) is 0 Å². The number of rotatable bonds is 7. The molecule has 0 aliphatic carbocycles. The molecule has 0 saturated heterocycles. The quantitative estimate of drug-likeness (QED) is 0.223. The average molecular weight is 237 g/mol. The normalized spacial score (nSPS) is 13.7. The lowest BCUT2D eigenvalue weighted by Gasteiger charge is -2.26. The molecule has 0 aliphatic rings. The van der Waals surface area contributed by atoms with Crippen molar-refractivity contribution in [3.8, 4) is 0 Å². The summed E-state index contributed by atoms with van der Waals surface area (Å²) in [5.74, 6) is -0.0748. The standard InChI is InChI=1S/C11H23ClNO2/c1-5-10(2)11(14)15-8-6-7-13(3,4)9-12/h10H,5-9H2,1-4H3/q+1. The third-order valence-electron chi connectivity index (χ3n) is 2.49. The molecule has 1 atom stereocenters. The van der Waals surface area contributed by atoms with Gasteiger partial charge in [-0.05, 0) is 6.42 Å². The van der Waals surface area contributed by atoms with Crippen LogP contribution in [-0.4, -0.2) is 43.7 Å². The van der Waals surface area contributed by atoms with Crippen molar-refractivity contribution in [1.82, 2.24) is 0 Å². The van der Waals surface area contributed by atoms with Gasteiger partial charge in [-0.1, -0.05) is 25.4 Å². The Bertz CT molecular complexity index is 195. The van der Waals surface area contributed by atoms with Crippen LogP contribution in [0.4, 0.5) is 0 Å². The van der Waals surface area contributed by atoms with Crippen molar-refractivity contribution in [2.24, 2.45) is 5.92 Å². The Kier molecular flexibility index (Phi) is 6.94. The summed E-state index contributed by atoms with van der Waals surface area (Å²) >= 11 is 5.77. The Morgan fingerprint density at radius 3 is 2.53 bits per heavy atom. The molecule has 0 heterocycles. The van der Waals surface area contributed by atoms with Crippen LogP contribution in [0.2, 0.25) is 0 Å². The van der Waals surface area contributed by atoms with Gasteiger partial charge in [0.05, 0.1) is 33.2 Å². The lowest BCUT2D eigenvalue weighted by molar-refractivity contribution is -0.879. The summed E-state index contributed by atoms with van der Waals surface area (Å²) in [5.41, 5.74) is 0. The largest absolute Gasteiger partial charge is 0.465 e. The number of quaternary nitrogens is 1. The minimum Gasteiger partial charge on any atom is -0.465 e. The number of ether oxygens (including phenoxy) is 1. The summed E-state index contributed by atoms with van der Waals surface area (Å²) in [5, 5.41) is 0. The molecule has 0 N–H and O–H groups in total. The van der Waals surface area contributed by atoms with Crippen LogP contribution in [0.15, 0.2) is 0 Å². The summed E-state index contributed by atoms with van der Waals surface area (Å²) in [4.78, 5) is 11.3. The number of hydrogen-bond acceptors (Lipinski definition) is 2. The van der Waals surface area contributed by atoms with E-state index in [-0.39, 0.29) is 11.9 Å². The Balaban J connectivity index is 3.59. The zero-order valence-corrected chi connectivity index (χ0v) is 11.0. The second-order valence-corrected chi connectivity index (χ2v) is 4.85. The topological polar surface area (TPSA) is 26.3 Å². The first-order valence-electron chi connectivity index (χ1n) is 5.47. The van der Waals surface area contributed by atoms with E-state index in [2.05, 4.69) is 14.1 Å². The summed E-state index contributed by atoms with van der Waals surface area (Å²) in [6, 6.07) is 0.583. The molecule has 0 fully saturated rings. The zero-order valence-electron chi connectivity index (χ0n) is 10.3. The summed E-state index contributed by atoms with van der Waals surface area (Å²) in [7, 11) is 4.12. The molecule has 0 saturated carbocycles. The van der Waals surface area contributed by atoms with Crippen LogP contribution in [0.3, 0.4) is 0 Å². The van der Waals surface area contributed by atoms with E-state index in [0.717, 1.165) is 23.9 Å². The number of carbonyl (C=O) groups is 1. The molecule has 0 rings (SSSR count). The number of esters is 1. The van der Waals surface area contributed by atoms with Crippen LogP contribution in [0, 0.1) is 5.92 Å². The molecule has 0 bridgehead atoms. The monoisotopic (exact) mass is 236 g/mol. The van der Waals surface area contributed by atoms with E-state index in [1.165, 1.54) is 0 Å². The van der Waals surface area contributed by atoms with Crippen molar-refractivity contribution >= 4 is 17.6 Å².